The van der Waals surface area contributed by atoms with Crippen molar-refractivity contribution in [3.63, 3.8) is 0 Å². The van der Waals surface area contributed by atoms with E-state index in [-0.39, 0.29) is 5.91 Å². The Morgan fingerprint density at radius 1 is 1.27 bits per heavy atom. The third kappa shape index (κ3) is 3.05. The maximum Gasteiger partial charge on any atom is 0.254 e. The molecule has 26 heavy (non-hydrogen) atoms. The van der Waals surface area contributed by atoms with Crippen molar-refractivity contribution in [3.8, 4) is 11.1 Å². The van der Waals surface area contributed by atoms with Crippen LogP contribution in [0.4, 0.5) is 0 Å². The molecule has 5 nitrogen and oxygen atoms in total. The first-order chi connectivity index (χ1) is 12.6. The van der Waals surface area contributed by atoms with Crippen LogP contribution >= 0.6 is 0 Å². The molecule has 2 saturated heterocycles. The van der Waals surface area contributed by atoms with E-state index in [0.29, 0.717) is 12.5 Å². The van der Waals surface area contributed by atoms with E-state index in [1.54, 1.807) is 0 Å². The lowest BCUT2D eigenvalue weighted by atomic mass is 9.88. The highest BCUT2D eigenvalue weighted by Crippen LogP contribution is 2.36. The second kappa shape index (κ2) is 6.88. The largest absolute Gasteiger partial charge is 0.365 e. The average molecular weight is 353 g/mol. The predicted molar refractivity (Wildman–Crippen MR) is 101 cm³/mol. The summed E-state index contributed by atoms with van der Waals surface area (Å²) in [5, 5.41) is 7.55. The van der Waals surface area contributed by atoms with Crippen molar-refractivity contribution in [1.82, 2.24) is 15.1 Å². The zero-order valence-electron chi connectivity index (χ0n) is 15.6. The number of piperidine rings is 1. The van der Waals surface area contributed by atoms with Crippen LogP contribution in [-0.2, 0) is 9.53 Å². The van der Waals surface area contributed by atoms with Gasteiger partial charge in [-0.2, -0.15) is 5.10 Å². The summed E-state index contributed by atoms with van der Waals surface area (Å²) >= 11 is 0. The van der Waals surface area contributed by atoms with Crippen LogP contribution < -0.4 is 0 Å². The van der Waals surface area contributed by atoms with Crippen molar-refractivity contribution in [2.24, 2.45) is 0 Å². The van der Waals surface area contributed by atoms with Crippen LogP contribution in [0.5, 0.6) is 0 Å². The molecule has 0 spiro atoms. The van der Waals surface area contributed by atoms with E-state index < -0.39 is 5.60 Å². The van der Waals surface area contributed by atoms with Crippen LogP contribution in [0.3, 0.4) is 0 Å². The zero-order chi connectivity index (χ0) is 18.1. The quantitative estimate of drug-likeness (QED) is 0.916. The van der Waals surface area contributed by atoms with Gasteiger partial charge < -0.3 is 9.64 Å². The van der Waals surface area contributed by atoms with E-state index in [1.165, 1.54) is 22.4 Å². The van der Waals surface area contributed by atoms with Gasteiger partial charge in [0.25, 0.3) is 5.91 Å². The Kier molecular flexibility index (Phi) is 4.57. The van der Waals surface area contributed by atoms with Gasteiger partial charge in [-0.3, -0.25) is 9.89 Å². The Bertz CT molecular complexity index is 784. The molecule has 0 bridgehead atoms. The van der Waals surface area contributed by atoms with Gasteiger partial charge >= 0.3 is 0 Å². The molecule has 2 aromatic rings. The van der Waals surface area contributed by atoms with Crippen molar-refractivity contribution in [1.29, 1.82) is 0 Å². The molecule has 2 aliphatic heterocycles. The van der Waals surface area contributed by atoms with E-state index in [1.807, 2.05) is 18.0 Å². The summed E-state index contributed by atoms with van der Waals surface area (Å²) in [6, 6.07) is 8.42. The third-order valence-electron chi connectivity index (χ3n) is 5.97. The van der Waals surface area contributed by atoms with Gasteiger partial charge in [0.15, 0.2) is 0 Å². The lowest BCUT2D eigenvalue weighted by Crippen LogP contribution is -2.49. The number of ether oxygens (including phenoxy) is 1. The Morgan fingerprint density at radius 2 is 2.04 bits per heavy atom. The molecule has 1 atom stereocenters. The summed E-state index contributed by atoms with van der Waals surface area (Å²) in [5.74, 6) is 0.575. The number of rotatable bonds is 3. The summed E-state index contributed by atoms with van der Waals surface area (Å²) in [5.41, 5.74) is 4.29. The van der Waals surface area contributed by atoms with Crippen molar-refractivity contribution < 1.29 is 9.53 Å². The second-order valence-electron chi connectivity index (χ2n) is 7.76. The molecule has 3 heterocycles. The molecule has 2 fully saturated rings. The van der Waals surface area contributed by atoms with E-state index in [0.717, 1.165) is 38.8 Å². The Balaban J connectivity index is 1.47. The SMILES string of the molecule is Cc1ccccc1-c1cn[nH]c1C1CCN(C(=O)[C@@]2(C)CCCO2)CC1. The van der Waals surface area contributed by atoms with Crippen LogP contribution in [0.25, 0.3) is 11.1 Å². The number of nitrogens with zero attached hydrogens (tertiary/aromatic N) is 2. The van der Waals surface area contributed by atoms with E-state index >= 15 is 0 Å². The molecule has 1 N–H and O–H groups in total. The number of likely N-dealkylation sites (tertiary alicyclic amines) is 1. The Labute approximate surface area is 154 Å². The van der Waals surface area contributed by atoms with Crippen LogP contribution in [0.1, 0.15) is 49.8 Å². The first-order valence-electron chi connectivity index (χ1n) is 9.61. The highest BCUT2D eigenvalue weighted by Gasteiger charge is 2.41. The van der Waals surface area contributed by atoms with Crippen LogP contribution in [0.15, 0.2) is 30.5 Å². The van der Waals surface area contributed by atoms with Gasteiger partial charge in [0.2, 0.25) is 0 Å². The minimum absolute atomic E-state index is 0.164. The number of aryl methyl sites for hydroxylation is 1. The fraction of sp³-hybridized carbons (Fsp3) is 0.524. The highest BCUT2D eigenvalue weighted by molar-refractivity contribution is 5.85. The fourth-order valence-electron chi connectivity index (χ4n) is 4.35. The predicted octanol–water partition coefficient (Wildman–Crippen LogP) is 3.66. The minimum Gasteiger partial charge on any atom is -0.365 e. The maximum absolute atomic E-state index is 12.8. The number of nitrogens with one attached hydrogen (secondary N) is 1. The van der Waals surface area contributed by atoms with Crippen LogP contribution in [0.2, 0.25) is 0 Å². The van der Waals surface area contributed by atoms with Crippen molar-refractivity contribution in [3.05, 3.63) is 41.7 Å². The minimum atomic E-state index is -0.604. The molecule has 2 aliphatic rings. The number of hydrogen-bond acceptors (Lipinski definition) is 3. The van der Waals surface area contributed by atoms with Crippen molar-refractivity contribution in [2.45, 2.75) is 51.0 Å². The molecular weight excluding hydrogens is 326 g/mol. The number of benzene rings is 1. The summed E-state index contributed by atoms with van der Waals surface area (Å²) in [6.07, 6.45) is 5.67. The summed E-state index contributed by atoms with van der Waals surface area (Å²) in [7, 11) is 0. The molecule has 0 saturated carbocycles. The fourth-order valence-corrected chi connectivity index (χ4v) is 4.35. The van der Waals surface area contributed by atoms with Crippen molar-refractivity contribution in [2.75, 3.05) is 19.7 Å². The monoisotopic (exact) mass is 353 g/mol. The van der Waals surface area contributed by atoms with E-state index in [4.69, 9.17) is 4.74 Å². The standard InChI is InChI=1S/C21H27N3O2/c1-15-6-3-4-7-17(15)18-14-22-23-19(18)16-8-11-24(12-9-16)20(25)21(2)10-5-13-26-21/h3-4,6-7,14,16H,5,8-13H2,1-2H3,(H,22,23)/t21-/m1/s1. The number of H-pyrrole nitrogens is 1. The van der Waals surface area contributed by atoms with Gasteiger partial charge in [0.1, 0.15) is 5.60 Å². The molecule has 0 unspecified atom stereocenters. The third-order valence-corrected chi connectivity index (χ3v) is 5.97. The molecule has 0 radical (unpaired) electrons. The summed E-state index contributed by atoms with van der Waals surface area (Å²) in [6.45, 7) is 6.35. The molecule has 4 rings (SSSR count). The lowest BCUT2D eigenvalue weighted by molar-refractivity contribution is -0.152. The maximum atomic E-state index is 12.8. The highest BCUT2D eigenvalue weighted by atomic mass is 16.5. The number of carbonyl (C=O) groups is 1. The Hall–Kier alpha value is -2.14. The normalized spacial score (nSPS) is 24.2. The summed E-state index contributed by atoms with van der Waals surface area (Å²) < 4.78 is 5.74. The van der Waals surface area contributed by atoms with Gasteiger partial charge in [-0.05, 0) is 50.7 Å². The summed E-state index contributed by atoms with van der Waals surface area (Å²) in [4.78, 5) is 14.8. The van der Waals surface area contributed by atoms with Crippen LogP contribution in [-0.4, -0.2) is 46.3 Å². The molecule has 1 amide bonds. The van der Waals surface area contributed by atoms with Gasteiger partial charge in [-0.15, -0.1) is 0 Å². The molecular formula is C21H27N3O2. The van der Waals surface area contributed by atoms with Crippen LogP contribution in [0, 0.1) is 6.92 Å². The molecule has 0 aliphatic carbocycles. The topological polar surface area (TPSA) is 58.2 Å². The number of aromatic amines is 1. The average Bonchev–Trinajstić information content (AvgIpc) is 3.32. The lowest BCUT2D eigenvalue weighted by Gasteiger charge is -2.36. The molecule has 1 aromatic heterocycles. The van der Waals surface area contributed by atoms with Gasteiger partial charge in [0.05, 0.1) is 6.20 Å². The van der Waals surface area contributed by atoms with Crippen molar-refractivity contribution >= 4 is 5.91 Å². The molecule has 5 heteroatoms. The van der Waals surface area contributed by atoms with Gasteiger partial charge in [-0.1, -0.05) is 24.3 Å². The smallest absolute Gasteiger partial charge is 0.254 e. The number of carbonyl (C=O) groups excluding carboxylic acids is 1. The number of hydrogen-bond donors (Lipinski definition) is 1. The van der Waals surface area contributed by atoms with Gasteiger partial charge in [-0.25, -0.2) is 0 Å². The Morgan fingerprint density at radius 3 is 2.73 bits per heavy atom. The molecule has 1 aromatic carbocycles. The zero-order valence-corrected chi connectivity index (χ0v) is 15.6. The first kappa shape index (κ1) is 17.3. The van der Waals surface area contributed by atoms with Gasteiger partial charge in [0, 0.05) is 36.9 Å². The first-order valence-corrected chi connectivity index (χ1v) is 9.61. The molecule has 138 valence electrons. The number of amides is 1. The van der Waals surface area contributed by atoms with E-state index in [9.17, 15) is 4.79 Å². The van der Waals surface area contributed by atoms with E-state index in [2.05, 4.69) is 41.4 Å². The second-order valence-corrected chi connectivity index (χ2v) is 7.76. The number of aromatic nitrogens is 2.